The normalized spacial score (nSPS) is 29.1. The van der Waals surface area contributed by atoms with E-state index in [0.717, 1.165) is 18.4 Å². The van der Waals surface area contributed by atoms with Crippen LogP contribution in [0.5, 0.6) is 0 Å². The molecule has 1 fully saturated rings. The van der Waals surface area contributed by atoms with Crippen molar-refractivity contribution in [1.82, 2.24) is 10.3 Å². The lowest BCUT2D eigenvalue weighted by molar-refractivity contribution is 0.0760. The van der Waals surface area contributed by atoms with E-state index in [9.17, 15) is 4.79 Å². The van der Waals surface area contributed by atoms with Gasteiger partial charge in [-0.15, -0.1) is 0 Å². The highest BCUT2D eigenvalue weighted by Crippen LogP contribution is 2.50. The molecular weight excluding hydrogens is 278 g/mol. The van der Waals surface area contributed by atoms with Gasteiger partial charge >= 0.3 is 6.09 Å². The van der Waals surface area contributed by atoms with E-state index in [1.807, 2.05) is 6.07 Å². The van der Waals surface area contributed by atoms with Crippen molar-refractivity contribution in [3.63, 3.8) is 0 Å². The summed E-state index contributed by atoms with van der Waals surface area (Å²) >= 11 is 0. The molecule has 0 radical (unpaired) electrons. The molecule has 1 unspecified atom stereocenters. The number of anilines is 1. The van der Waals surface area contributed by atoms with Crippen LogP contribution < -0.4 is 11.1 Å². The van der Waals surface area contributed by atoms with Crippen molar-refractivity contribution in [3.05, 3.63) is 24.0 Å². The van der Waals surface area contributed by atoms with Gasteiger partial charge in [0.1, 0.15) is 0 Å². The maximum Gasteiger partial charge on any atom is 0.404 e. The zero-order chi connectivity index (χ0) is 16.5. The number of nitrogen functional groups attached to an aromatic ring is 1. The minimum absolute atomic E-state index is 0.0244. The molecule has 2 rings (SSSR count). The molecule has 122 valence electrons. The predicted octanol–water partition coefficient (Wildman–Crippen LogP) is 3.48. The Morgan fingerprint density at radius 2 is 2.09 bits per heavy atom. The summed E-state index contributed by atoms with van der Waals surface area (Å²) < 4.78 is 0. The highest BCUT2D eigenvalue weighted by molar-refractivity contribution is 5.65. The van der Waals surface area contributed by atoms with E-state index in [-0.39, 0.29) is 17.4 Å². The van der Waals surface area contributed by atoms with Crippen LogP contribution in [0.1, 0.15) is 52.0 Å². The van der Waals surface area contributed by atoms with Crippen molar-refractivity contribution in [1.29, 1.82) is 0 Å². The van der Waals surface area contributed by atoms with E-state index >= 15 is 0 Å². The maximum absolute atomic E-state index is 11.0. The molecule has 0 spiro atoms. The topological polar surface area (TPSA) is 88.2 Å². The summed E-state index contributed by atoms with van der Waals surface area (Å²) in [5, 5.41) is 11.7. The molecule has 22 heavy (non-hydrogen) atoms. The molecule has 0 saturated heterocycles. The second-order valence-corrected chi connectivity index (χ2v) is 7.60. The molecule has 4 atom stereocenters. The van der Waals surface area contributed by atoms with E-state index in [0.29, 0.717) is 17.5 Å². The molecule has 0 aliphatic heterocycles. The predicted molar refractivity (Wildman–Crippen MR) is 87.7 cm³/mol. The van der Waals surface area contributed by atoms with E-state index in [1.54, 1.807) is 12.4 Å². The standard InChI is InChI=1S/C17H27N3O2/c1-10-7-11(20-16(21)22)8-13(15(10)17(2,3)4)12-5-6-19-9-14(12)18/h5-6,9-11,13,15,20H,7-8,18H2,1-4H3,(H,21,22)/t10-,11-,13-,15?/m0/s1. The van der Waals surface area contributed by atoms with Crippen LogP contribution >= 0.6 is 0 Å². The first kappa shape index (κ1) is 16.6. The van der Waals surface area contributed by atoms with Crippen LogP contribution in [-0.4, -0.2) is 22.2 Å². The first-order valence-corrected chi connectivity index (χ1v) is 7.89. The van der Waals surface area contributed by atoms with Crippen LogP contribution in [0, 0.1) is 17.3 Å². The first-order chi connectivity index (χ1) is 10.2. The van der Waals surface area contributed by atoms with Crippen LogP contribution in [0.4, 0.5) is 10.5 Å². The van der Waals surface area contributed by atoms with E-state index in [4.69, 9.17) is 10.8 Å². The number of amides is 1. The Balaban J connectivity index is 2.38. The highest BCUT2D eigenvalue weighted by atomic mass is 16.4. The average Bonchev–Trinajstić information content (AvgIpc) is 2.35. The molecule has 5 nitrogen and oxygen atoms in total. The summed E-state index contributed by atoms with van der Waals surface area (Å²) in [6.07, 6.45) is 4.16. The van der Waals surface area contributed by atoms with Crippen molar-refractivity contribution in [2.75, 3.05) is 5.73 Å². The lowest BCUT2D eigenvalue weighted by Crippen LogP contribution is -2.46. The molecule has 1 aromatic heterocycles. The number of nitrogens with two attached hydrogens (primary N) is 1. The van der Waals surface area contributed by atoms with Gasteiger partial charge < -0.3 is 16.2 Å². The van der Waals surface area contributed by atoms with Crippen molar-refractivity contribution < 1.29 is 9.90 Å². The van der Waals surface area contributed by atoms with E-state index in [2.05, 4.69) is 38.0 Å². The van der Waals surface area contributed by atoms with Crippen LogP contribution in [-0.2, 0) is 0 Å². The Morgan fingerprint density at radius 1 is 1.41 bits per heavy atom. The van der Waals surface area contributed by atoms with Gasteiger partial charge in [-0.1, -0.05) is 27.7 Å². The largest absolute Gasteiger partial charge is 0.465 e. The van der Waals surface area contributed by atoms with Gasteiger partial charge in [0.15, 0.2) is 0 Å². The van der Waals surface area contributed by atoms with Gasteiger partial charge in [-0.2, -0.15) is 0 Å². The molecule has 1 heterocycles. The zero-order valence-electron chi connectivity index (χ0n) is 13.8. The summed E-state index contributed by atoms with van der Waals surface area (Å²) in [5.74, 6) is 1.11. The summed E-state index contributed by atoms with van der Waals surface area (Å²) in [6.45, 7) is 8.98. The second-order valence-electron chi connectivity index (χ2n) is 7.60. The van der Waals surface area contributed by atoms with E-state index in [1.165, 1.54) is 0 Å². The Labute approximate surface area is 132 Å². The SMILES string of the molecule is C[C@H]1C[C@H](NC(=O)O)C[C@@H](c2ccncc2N)C1C(C)(C)C. The summed E-state index contributed by atoms with van der Waals surface area (Å²) in [6, 6.07) is 1.96. The molecule has 0 aromatic carbocycles. The Morgan fingerprint density at radius 3 is 2.64 bits per heavy atom. The number of nitrogens with zero attached hydrogens (tertiary/aromatic N) is 1. The van der Waals surface area contributed by atoms with Crippen molar-refractivity contribution in [2.24, 2.45) is 17.3 Å². The van der Waals surface area contributed by atoms with Gasteiger partial charge in [0.05, 0.1) is 11.9 Å². The number of carbonyl (C=O) groups is 1. The molecule has 5 heteroatoms. The fourth-order valence-electron chi connectivity index (χ4n) is 4.37. The third kappa shape index (κ3) is 3.51. The molecular formula is C17H27N3O2. The number of aromatic nitrogens is 1. The fourth-order valence-corrected chi connectivity index (χ4v) is 4.37. The van der Waals surface area contributed by atoms with Gasteiger partial charge in [0.2, 0.25) is 0 Å². The van der Waals surface area contributed by atoms with Crippen molar-refractivity contribution in [2.45, 2.75) is 52.5 Å². The highest BCUT2D eigenvalue weighted by Gasteiger charge is 2.43. The number of hydrogen-bond acceptors (Lipinski definition) is 3. The fraction of sp³-hybridized carbons (Fsp3) is 0.647. The van der Waals surface area contributed by atoms with E-state index < -0.39 is 6.09 Å². The molecule has 1 amide bonds. The first-order valence-electron chi connectivity index (χ1n) is 7.89. The van der Waals surface area contributed by atoms with Gasteiger partial charge in [-0.25, -0.2) is 4.79 Å². The zero-order valence-corrected chi connectivity index (χ0v) is 13.8. The van der Waals surface area contributed by atoms with Crippen LogP contribution in [0.3, 0.4) is 0 Å². The lowest BCUT2D eigenvalue weighted by atomic mass is 9.59. The molecule has 1 aromatic rings. The molecule has 1 saturated carbocycles. The molecule has 4 N–H and O–H groups in total. The summed E-state index contributed by atoms with van der Waals surface area (Å²) in [4.78, 5) is 15.1. The maximum atomic E-state index is 11.0. The quantitative estimate of drug-likeness (QED) is 0.780. The third-order valence-electron chi connectivity index (χ3n) is 4.86. The Bertz CT molecular complexity index is 539. The molecule has 1 aliphatic rings. The monoisotopic (exact) mass is 305 g/mol. The van der Waals surface area contributed by atoms with Crippen molar-refractivity contribution in [3.8, 4) is 0 Å². The number of carboxylic acid groups (broad SMARTS) is 1. The lowest BCUT2D eigenvalue weighted by Gasteiger charge is -2.47. The average molecular weight is 305 g/mol. The summed E-state index contributed by atoms with van der Waals surface area (Å²) in [5.41, 5.74) is 8.08. The van der Waals surface area contributed by atoms with Crippen molar-refractivity contribution >= 4 is 11.8 Å². The molecule has 0 bridgehead atoms. The number of pyridine rings is 1. The smallest absolute Gasteiger partial charge is 0.404 e. The minimum Gasteiger partial charge on any atom is -0.465 e. The summed E-state index contributed by atoms with van der Waals surface area (Å²) in [7, 11) is 0. The van der Waals surface area contributed by atoms with Gasteiger partial charge in [-0.3, -0.25) is 4.98 Å². The molecule has 1 aliphatic carbocycles. The van der Waals surface area contributed by atoms with Gasteiger partial charge in [-0.05, 0) is 47.6 Å². The minimum atomic E-state index is -0.951. The van der Waals surface area contributed by atoms with Crippen LogP contribution in [0.25, 0.3) is 0 Å². The Kier molecular flexibility index (Phi) is 4.63. The van der Waals surface area contributed by atoms with Gasteiger partial charge in [0, 0.05) is 12.2 Å². The number of nitrogens with one attached hydrogen (secondary N) is 1. The third-order valence-corrected chi connectivity index (χ3v) is 4.86. The van der Waals surface area contributed by atoms with Crippen LogP contribution in [0.2, 0.25) is 0 Å². The number of hydrogen-bond donors (Lipinski definition) is 3. The Hall–Kier alpha value is -1.78. The van der Waals surface area contributed by atoms with Gasteiger partial charge in [0.25, 0.3) is 0 Å². The number of rotatable bonds is 2. The van der Waals surface area contributed by atoms with Crippen LogP contribution in [0.15, 0.2) is 18.5 Å². The second kappa shape index (κ2) is 6.15.